The third-order valence-corrected chi connectivity index (χ3v) is 3.42. The highest BCUT2D eigenvalue weighted by molar-refractivity contribution is 5.92. The summed E-state index contributed by atoms with van der Waals surface area (Å²) in [5.41, 5.74) is 1.67. The van der Waals surface area contributed by atoms with Crippen LogP contribution in [0.1, 0.15) is 34.5 Å². The number of hydrogen-bond donors (Lipinski definition) is 1. The number of nitrogens with one attached hydrogen (secondary N) is 1. The van der Waals surface area contributed by atoms with E-state index in [9.17, 15) is 9.18 Å². The van der Waals surface area contributed by atoms with Crippen LogP contribution in [0.15, 0.2) is 42.6 Å². The highest BCUT2D eigenvalue weighted by Crippen LogP contribution is 2.27. The monoisotopic (exact) mass is 294 g/mol. The van der Waals surface area contributed by atoms with Crippen LogP contribution in [0.4, 0.5) is 4.39 Å². The second-order valence-electron chi connectivity index (χ2n) is 5.35. The molecular formula is C18H15FN2O. The summed E-state index contributed by atoms with van der Waals surface area (Å²) < 4.78 is 13.0. The summed E-state index contributed by atoms with van der Waals surface area (Å²) in [5.74, 6) is 5.94. The SMILES string of the molecule is O=C(NCC1CC1)c1ccc(C#Cc2cccc(F)c2)cn1. The van der Waals surface area contributed by atoms with E-state index in [1.54, 1.807) is 30.5 Å². The lowest BCUT2D eigenvalue weighted by atomic mass is 10.2. The van der Waals surface area contributed by atoms with Crippen LogP contribution in [0.25, 0.3) is 0 Å². The van der Waals surface area contributed by atoms with Crippen molar-refractivity contribution in [1.29, 1.82) is 0 Å². The lowest BCUT2D eigenvalue weighted by molar-refractivity contribution is 0.0947. The van der Waals surface area contributed by atoms with Gasteiger partial charge in [0.2, 0.25) is 0 Å². The fraction of sp³-hybridized carbons (Fsp3) is 0.222. The van der Waals surface area contributed by atoms with Gasteiger partial charge in [-0.05, 0) is 49.1 Å². The summed E-state index contributed by atoms with van der Waals surface area (Å²) in [6.45, 7) is 0.724. The number of benzene rings is 1. The van der Waals surface area contributed by atoms with Crippen LogP contribution in [-0.4, -0.2) is 17.4 Å². The number of nitrogens with zero attached hydrogens (tertiary/aromatic N) is 1. The fourth-order valence-electron chi connectivity index (χ4n) is 1.96. The van der Waals surface area contributed by atoms with E-state index in [0.29, 0.717) is 22.7 Å². The first-order chi connectivity index (χ1) is 10.7. The van der Waals surface area contributed by atoms with Crippen LogP contribution < -0.4 is 5.32 Å². The molecule has 0 radical (unpaired) electrons. The van der Waals surface area contributed by atoms with Crippen LogP contribution in [0.5, 0.6) is 0 Å². The second-order valence-corrected chi connectivity index (χ2v) is 5.35. The van der Waals surface area contributed by atoms with Gasteiger partial charge in [0.15, 0.2) is 0 Å². The van der Waals surface area contributed by atoms with Crippen molar-refractivity contribution < 1.29 is 9.18 Å². The zero-order valence-electron chi connectivity index (χ0n) is 12.0. The zero-order valence-corrected chi connectivity index (χ0v) is 12.0. The van der Waals surface area contributed by atoms with Crippen molar-refractivity contribution in [3.05, 3.63) is 65.2 Å². The average Bonchev–Trinajstić information content (AvgIpc) is 3.35. The lowest BCUT2D eigenvalue weighted by Crippen LogP contribution is -2.26. The van der Waals surface area contributed by atoms with Gasteiger partial charge in [-0.25, -0.2) is 9.37 Å². The van der Waals surface area contributed by atoms with Gasteiger partial charge < -0.3 is 5.32 Å². The predicted octanol–water partition coefficient (Wildman–Crippen LogP) is 2.76. The molecule has 0 aliphatic heterocycles. The number of amides is 1. The molecule has 0 unspecified atom stereocenters. The highest BCUT2D eigenvalue weighted by Gasteiger charge is 2.21. The fourth-order valence-corrected chi connectivity index (χ4v) is 1.96. The summed E-state index contributed by atoms with van der Waals surface area (Å²) in [4.78, 5) is 16.0. The molecule has 22 heavy (non-hydrogen) atoms. The predicted molar refractivity (Wildman–Crippen MR) is 81.7 cm³/mol. The normalized spacial score (nSPS) is 13.1. The van der Waals surface area contributed by atoms with Gasteiger partial charge in [-0.1, -0.05) is 17.9 Å². The molecule has 1 heterocycles. The van der Waals surface area contributed by atoms with Crippen molar-refractivity contribution in [1.82, 2.24) is 10.3 Å². The van der Waals surface area contributed by atoms with E-state index in [0.717, 1.165) is 6.54 Å². The Bertz CT molecular complexity index is 740. The number of pyridine rings is 1. The van der Waals surface area contributed by atoms with Gasteiger partial charge in [0.1, 0.15) is 11.5 Å². The Kier molecular flexibility index (Phi) is 4.15. The summed E-state index contributed by atoms with van der Waals surface area (Å²) in [7, 11) is 0. The molecule has 1 N–H and O–H groups in total. The number of rotatable bonds is 3. The maximum atomic E-state index is 13.0. The minimum atomic E-state index is -0.312. The molecule has 3 nitrogen and oxygen atoms in total. The van der Waals surface area contributed by atoms with Crippen LogP contribution in [0, 0.1) is 23.6 Å². The van der Waals surface area contributed by atoms with Crippen molar-refractivity contribution in [3.63, 3.8) is 0 Å². The van der Waals surface area contributed by atoms with E-state index >= 15 is 0 Å². The minimum absolute atomic E-state index is 0.156. The van der Waals surface area contributed by atoms with Gasteiger partial charge in [-0.3, -0.25) is 4.79 Å². The van der Waals surface area contributed by atoms with E-state index in [4.69, 9.17) is 0 Å². The number of carbonyl (C=O) groups excluding carboxylic acids is 1. The molecular weight excluding hydrogens is 279 g/mol. The smallest absolute Gasteiger partial charge is 0.269 e. The van der Waals surface area contributed by atoms with Crippen LogP contribution in [0.2, 0.25) is 0 Å². The second kappa shape index (κ2) is 6.40. The van der Waals surface area contributed by atoms with Crippen molar-refractivity contribution in [3.8, 4) is 11.8 Å². The molecule has 110 valence electrons. The molecule has 4 heteroatoms. The van der Waals surface area contributed by atoms with Crippen molar-refractivity contribution in [2.24, 2.45) is 5.92 Å². The first-order valence-electron chi connectivity index (χ1n) is 7.22. The lowest BCUT2D eigenvalue weighted by Gasteiger charge is -2.02. The molecule has 1 fully saturated rings. The first-order valence-corrected chi connectivity index (χ1v) is 7.22. The van der Waals surface area contributed by atoms with Gasteiger partial charge >= 0.3 is 0 Å². The molecule has 2 aromatic rings. The summed E-state index contributed by atoms with van der Waals surface area (Å²) in [5, 5.41) is 2.87. The molecule has 1 aromatic heterocycles. The Morgan fingerprint density at radius 2 is 2.05 bits per heavy atom. The molecule has 0 saturated heterocycles. The van der Waals surface area contributed by atoms with Gasteiger partial charge in [-0.2, -0.15) is 0 Å². The third-order valence-electron chi connectivity index (χ3n) is 3.42. The molecule has 0 spiro atoms. The van der Waals surface area contributed by atoms with E-state index in [2.05, 4.69) is 22.1 Å². The van der Waals surface area contributed by atoms with Gasteiger partial charge in [0.25, 0.3) is 5.91 Å². The Morgan fingerprint density at radius 1 is 1.23 bits per heavy atom. The first kappa shape index (κ1) is 14.3. The highest BCUT2D eigenvalue weighted by atomic mass is 19.1. The van der Waals surface area contributed by atoms with E-state index < -0.39 is 0 Å². The molecule has 1 saturated carbocycles. The number of aromatic nitrogens is 1. The van der Waals surface area contributed by atoms with Crippen LogP contribution in [-0.2, 0) is 0 Å². The van der Waals surface area contributed by atoms with E-state index in [-0.39, 0.29) is 11.7 Å². The molecule has 3 rings (SSSR count). The number of carbonyl (C=O) groups is 1. The molecule has 1 aliphatic rings. The van der Waals surface area contributed by atoms with Gasteiger partial charge in [-0.15, -0.1) is 0 Å². The number of hydrogen-bond acceptors (Lipinski definition) is 2. The topological polar surface area (TPSA) is 42.0 Å². The Balaban J connectivity index is 1.65. The summed E-state index contributed by atoms with van der Waals surface area (Å²) in [6.07, 6.45) is 3.95. The third kappa shape index (κ3) is 3.92. The maximum Gasteiger partial charge on any atom is 0.269 e. The standard InChI is InChI=1S/C18H15FN2O/c19-16-3-1-2-13(10-16)4-5-15-8-9-17(20-11-15)18(22)21-12-14-6-7-14/h1-3,8-11,14H,6-7,12H2,(H,21,22). The quantitative estimate of drug-likeness (QED) is 0.884. The largest absolute Gasteiger partial charge is 0.350 e. The molecule has 0 atom stereocenters. The minimum Gasteiger partial charge on any atom is -0.350 e. The Morgan fingerprint density at radius 3 is 2.73 bits per heavy atom. The number of halogens is 1. The van der Waals surface area contributed by atoms with Crippen molar-refractivity contribution >= 4 is 5.91 Å². The van der Waals surface area contributed by atoms with Crippen molar-refractivity contribution in [2.45, 2.75) is 12.8 Å². The molecule has 0 bridgehead atoms. The molecule has 1 aliphatic carbocycles. The Labute approximate surface area is 128 Å². The summed E-state index contributed by atoms with van der Waals surface area (Å²) >= 11 is 0. The van der Waals surface area contributed by atoms with Gasteiger partial charge in [0, 0.05) is 23.9 Å². The molecule has 1 amide bonds. The zero-order chi connectivity index (χ0) is 15.4. The average molecular weight is 294 g/mol. The Hall–Kier alpha value is -2.67. The van der Waals surface area contributed by atoms with Crippen LogP contribution >= 0.6 is 0 Å². The summed E-state index contributed by atoms with van der Waals surface area (Å²) in [6, 6.07) is 9.50. The van der Waals surface area contributed by atoms with E-state index in [1.165, 1.54) is 25.0 Å². The van der Waals surface area contributed by atoms with E-state index in [1.807, 2.05) is 0 Å². The maximum absolute atomic E-state index is 13.0. The van der Waals surface area contributed by atoms with Crippen molar-refractivity contribution in [2.75, 3.05) is 6.54 Å². The molecule has 1 aromatic carbocycles. The van der Waals surface area contributed by atoms with Crippen LogP contribution in [0.3, 0.4) is 0 Å². The van der Waals surface area contributed by atoms with Gasteiger partial charge in [0.05, 0.1) is 0 Å².